The molecule has 0 aromatic carbocycles. The van der Waals surface area contributed by atoms with Gasteiger partial charge in [-0.05, 0) is 51.9 Å². The van der Waals surface area contributed by atoms with Crippen LogP contribution in [0, 0.1) is 0 Å². The van der Waals surface area contributed by atoms with Crippen LogP contribution in [0.1, 0.15) is 58.6 Å². The average Bonchev–Trinajstić information content (AvgIpc) is 2.42. The molecular weight excluding hydrogens is 234 g/mol. The largest absolute Gasteiger partial charge is 0.354 e. The Bertz CT molecular complexity index is 363. The second kappa shape index (κ2) is 8.16. The summed E-state index contributed by atoms with van der Waals surface area (Å²) in [5.41, 5.74) is 1.30. The summed E-state index contributed by atoms with van der Waals surface area (Å²) in [7, 11) is 1.99. The first-order chi connectivity index (χ1) is 9.10. The fraction of sp³-hybridized carbons (Fsp3) is 0.688. The van der Waals surface area contributed by atoms with E-state index in [1.165, 1.54) is 24.8 Å². The summed E-state index contributed by atoms with van der Waals surface area (Å²) < 4.78 is 0. The zero-order chi connectivity index (χ0) is 14.3. The number of unbranched alkanes of at least 4 members (excludes halogenated alkanes) is 2. The first-order valence-electron chi connectivity index (χ1n) is 7.50. The molecule has 0 bridgehead atoms. The quantitative estimate of drug-likeness (QED) is 0.724. The molecule has 0 saturated carbocycles. The Labute approximate surface area is 118 Å². The zero-order valence-electron chi connectivity index (χ0n) is 13.1. The first-order valence-corrected chi connectivity index (χ1v) is 7.50. The molecule has 1 aromatic rings. The molecule has 1 atom stereocenters. The summed E-state index contributed by atoms with van der Waals surface area (Å²) >= 11 is 0. The van der Waals surface area contributed by atoms with Gasteiger partial charge in [0.25, 0.3) is 0 Å². The predicted molar refractivity (Wildman–Crippen MR) is 83.7 cm³/mol. The Morgan fingerprint density at radius 3 is 2.58 bits per heavy atom. The fourth-order valence-corrected chi connectivity index (χ4v) is 2.20. The normalized spacial score (nSPS) is 12.7. The summed E-state index contributed by atoms with van der Waals surface area (Å²) in [6, 6.07) is 5.17. The molecular formula is C16H29N3. The van der Waals surface area contributed by atoms with Crippen LogP contribution >= 0.6 is 0 Å². The lowest BCUT2D eigenvalue weighted by Gasteiger charge is -2.28. The lowest BCUT2D eigenvalue weighted by atomic mass is 10.1. The Hall–Kier alpha value is -1.09. The van der Waals surface area contributed by atoms with Crippen LogP contribution in [0.25, 0.3) is 0 Å². The number of anilines is 1. The molecule has 0 aliphatic heterocycles. The highest BCUT2D eigenvalue weighted by molar-refractivity contribution is 5.42. The molecule has 1 rings (SSSR count). The molecule has 19 heavy (non-hydrogen) atoms. The van der Waals surface area contributed by atoms with Gasteiger partial charge >= 0.3 is 0 Å². The van der Waals surface area contributed by atoms with Crippen molar-refractivity contribution in [2.24, 2.45) is 0 Å². The molecule has 1 N–H and O–H groups in total. The van der Waals surface area contributed by atoms with Crippen LogP contribution in [-0.4, -0.2) is 24.6 Å². The van der Waals surface area contributed by atoms with Crippen molar-refractivity contribution < 1.29 is 0 Å². The maximum absolute atomic E-state index is 4.55. The van der Waals surface area contributed by atoms with E-state index in [0.29, 0.717) is 12.1 Å². The molecule has 0 radical (unpaired) electrons. The van der Waals surface area contributed by atoms with Crippen LogP contribution in [0.5, 0.6) is 0 Å². The standard InChI is InChI=1S/C16H29N3/c1-6-7-8-11-19(13(2)3)16-12-15(9-10-18-16)14(4)17-5/h9-10,12-14,17H,6-8,11H2,1-5H3. The summed E-state index contributed by atoms with van der Waals surface area (Å²) in [5, 5.41) is 3.28. The maximum atomic E-state index is 4.55. The van der Waals surface area contributed by atoms with Crippen molar-refractivity contribution in [2.45, 2.75) is 59.0 Å². The number of aromatic nitrogens is 1. The molecule has 108 valence electrons. The minimum atomic E-state index is 0.367. The Kier molecular flexibility index (Phi) is 6.85. The third kappa shape index (κ3) is 4.83. The zero-order valence-corrected chi connectivity index (χ0v) is 13.1. The van der Waals surface area contributed by atoms with Gasteiger partial charge in [0.2, 0.25) is 0 Å². The van der Waals surface area contributed by atoms with Gasteiger partial charge in [-0.25, -0.2) is 4.98 Å². The summed E-state index contributed by atoms with van der Waals surface area (Å²) in [6.07, 6.45) is 5.71. The van der Waals surface area contributed by atoms with Gasteiger partial charge in [-0.3, -0.25) is 0 Å². The van der Waals surface area contributed by atoms with Crippen molar-refractivity contribution in [1.29, 1.82) is 0 Å². The lowest BCUT2D eigenvalue weighted by molar-refractivity contribution is 0.615. The number of rotatable bonds is 8. The number of nitrogens with zero attached hydrogens (tertiary/aromatic N) is 2. The molecule has 3 heteroatoms. The molecule has 1 aromatic heterocycles. The van der Waals surface area contributed by atoms with Crippen molar-refractivity contribution in [3.05, 3.63) is 23.9 Å². The van der Waals surface area contributed by atoms with Gasteiger partial charge in [0.05, 0.1) is 0 Å². The van der Waals surface area contributed by atoms with Gasteiger partial charge in [-0.1, -0.05) is 19.8 Å². The van der Waals surface area contributed by atoms with Crippen molar-refractivity contribution in [2.75, 3.05) is 18.5 Å². The number of hydrogen-bond donors (Lipinski definition) is 1. The van der Waals surface area contributed by atoms with E-state index in [1.807, 2.05) is 13.2 Å². The molecule has 0 saturated heterocycles. The van der Waals surface area contributed by atoms with Crippen molar-refractivity contribution >= 4 is 5.82 Å². The van der Waals surface area contributed by atoms with Crippen LogP contribution < -0.4 is 10.2 Å². The van der Waals surface area contributed by atoms with Crippen LogP contribution in [-0.2, 0) is 0 Å². The third-order valence-electron chi connectivity index (χ3n) is 3.62. The Balaban J connectivity index is 2.83. The molecule has 0 aliphatic carbocycles. The molecule has 1 unspecified atom stereocenters. The SMILES string of the molecule is CCCCCN(c1cc(C(C)NC)ccn1)C(C)C. The van der Waals surface area contributed by atoms with E-state index in [2.05, 4.69) is 55.0 Å². The van der Waals surface area contributed by atoms with Crippen molar-refractivity contribution in [3.8, 4) is 0 Å². The molecule has 0 amide bonds. The molecule has 0 aliphatic rings. The van der Waals surface area contributed by atoms with Gasteiger partial charge in [-0.2, -0.15) is 0 Å². The highest BCUT2D eigenvalue weighted by Gasteiger charge is 2.13. The molecule has 0 spiro atoms. The van der Waals surface area contributed by atoms with Gasteiger partial charge in [0.1, 0.15) is 5.82 Å². The van der Waals surface area contributed by atoms with E-state index in [9.17, 15) is 0 Å². The Morgan fingerprint density at radius 1 is 1.26 bits per heavy atom. The topological polar surface area (TPSA) is 28.2 Å². The summed E-state index contributed by atoms with van der Waals surface area (Å²) in [4.78, 5) is 6.96. The number of pyridine rings is 1. The van der Waals surface area contributed by atoms with Gasteiger partial charge in [0, 0.05) is 24.8 Å². The van der Waals surface area contributed by atoms with Gasteiger partial charge in [0.15, 0.2) is 0 Å². The van der Waals surface area contributed by atoms with Gasteiger partial charge in [-0.15, -0.1) is 0 Å². The minimum absolute atomic E-state index is 0.367. The maximum Gasteiger partial charge on any atom is 0.129 e. The smallest absolute Gasteiger partial charge is 0.129 e. The van der Waals surface area contributed by atoms with E-state index >= 15 is 0 Å². The van der Waals surface area contributed by atoms with E-state index in [0.717, 1.165) is 12.4 Å². The van der Waals surface area contributed by atoms with E-state index in [-0.39, 0.29) is 0 Å². The van der Waals surface area contributed by atoms with Crippen LogP contribution in [0.3, 0.4) is 0 Å². The van der Waals surface area contributed by atoms with Crippen LogP contribution in [0.15, 0.2) is 18.3 Å². The fourth-order valence-electron chi connectivity index (χ4n) is 2.20. The van der Waals surface area contributed by atoms with Crippen molar-refractivity contribution in [3.63, 3.8) is 0 Å². The van der Waals surface area contributed by atoms with E-state index in [1.54, 1.807) is 0 Å². The second-order valence-electron chi connectivity index (χ2n) is 5.45. The highest BCUT2D eigenvalue weighted by Crippen LogP contribution is 2.20. The predicted octanol–water partition coefficient (Wildman–Crippen LogP) is 3.77. The van der Waals surface area contributed by atoms with Crippen LogP contribution in [0.4, 0.5) is 5.82 Å². The monoisotopic (exact) mass is 263 g/mol. The molecule has 0 fully saturated rings. The average molecular weight is 263 g/mol. The highest BCUT2D eigenvalue weighted by atomic mass is 15.2. The van der Waals surface area contributed by atoms with Gasteiger partial charge < -0.3 is 10.2 Å². The number of nitrogens with one attached hydrogen (secondary N) is 1. The Morgan fingerprint density at radius 2 is 2.00 bits per heavy atom. The molecule has 1 heterocycles. The van der Waals surface area contributed by atoms with Crippen molar-refractivity contribution in [1.82, 2.24) is 10.3 Å². The van der Waals surface area contributed by atoms with E-state index < -0.39 is 0 Å². The minimum Gasteiger partial charge on any atom is -0.354 e. The first kappa shape index (κ1) is 16.0. The third-order valence-corrected chi connectivity index (χ3v) is 3.62. The van der Waals surface area contributed by atoms with E-state index in [4.69, 9.17) is 0 Å². The lowest BCUT2D eigenvalue weighted by Crippen LogP contribution is -2.32. The number of hydrogen-bond acceptors (Lipinski definition) is 3. The summed E-state index contributed by atoms with van der Waals surface area (Å²) in [6.45, 7) is 9.99. The van der Waals surface area contributed by atoms with Crippen LogP contribution in [0.2, 0.25) is 0 Å². The summed E-state index contributed by atoms with van der Waals surface area (Å²) in [5.74, 6) is 1.10. The molecule has 3 nitrogen and oxygen atoms in total. The second-order valence-corrected chi connectivity index (χ2v) is 5.45.